The summed E-state index contributed by atoms with van der Waals surface area (Å²) in [5.41, 5.74) is 26.2. The molecule has 358 valence electrons. The van der Waals surface area contributed by atoms with E-state index in [1.807, 2.05) is 11.3 Å². The molecular weight excluding hydrogens is 935 g/mol. The third kappa shape index (κ3) is 6.20. The summed E-state index contributed by atoms with van der Waals surface area (Å²) in [6.07, 6.45) is 4.42. The molecule has 0 radical (unpaired) electrons. The molecule has 1 heterocycles. The van der Waals surface area contributed by atoms with Gasteiger partial charge in [0.1, 0.15) is 0 Å². The molecule has 0 unspecified atom stereocenters. The molecule has 0 saturated carbocycles. The topological polar surface area (TPSA) is 3.24 Å². The predicted octanol–water partition coefficient (Wildman–Crippen LogP) is 19.8. The average molecular weight is 986 g/mol. The SMILES string of the molecule is C/C=C\c1sc2ccc(N(c3cccc4c3-c3ccccc3C43c4ccccc4-c4ccccc43)c3cccc4c3C(c3ccc(-c5ccccc5)cc3)(c3ccc(-c5ccccc5)cc3)c3ccccc3-4)cc2c1C. The fourth-order valence-corrected chi connectivity index (χ4v) is 14.9. The van der Waals surface area contributed by atoms with Gasteiger partial charge >= 0.3 is 0 Å². The van der Waals surface area contributed by atoms with Crippen LogP contribution in [0.3, 0.4) is 0 Å². The quantitative estimate of drug-likeness (QED) is 0.147. The number of nitrogens with zero attached hydrogens (tertiary/aromatic N) is 1. The molecule has 2 heteroatoms. The zero-order valence-electron chi connectivity index (χ0n) is 42.3. The van der Waals surface area contributed by atoms with E-state index >= 15 is 0 Å². The van der Waals surface area contributed by atoms with E-state index < -0.39 is 10.8 Å². The lowest BCUT2D eigenvalue weighted by Gasteiger charge is -2.38. The summed E-state index contributed by atoms with van der Waals surface area (Å²) in [6, 6.07) is 98.6. The Hall–Kier alpha value is -9.08. The van der Waals surface area contributed by atoms with Gasteiger partial charge in [-0.3, -0.25) is 0 Å². The molecule has 12 aromatic rings. The van der Waals surface area contributed by atoms with Crippen LogP contribution < -0.4 is 4.90 Å². The maximum atomic E-state index is 2.64. The number of fused-ring (bicyclic) bond motifs is 14. The highest BCUT2D eigenvalue weighted by Crippen LogP contribution is 2.66. The summed E-state index contributed by atoms with van der Waals surface area (Å²) < 4.78 is 1.29. The lowest BCUT2D eigenvalue weighted by atomic mass is 9.66. The van der Waals surface area contributed by atoms with E-state index in [1.54, 1.807) is 0 Å². The van der Waals surface area contributed by atoms with Gasteiger partial charge in [-0.2, -0.15) is 0 Å². The molecule has 11 aromatic carbocycles. The third-order valence-corrected chi connectivity index (χ3v) is 18.1. The Morgan fingerprint density at radius 3 is 1.41 bits per heavy atom. The highest BCUT2D eigenvalue weighted by Gasteiger charge is 2.53. The van der Waals surface area contributed by atoms with Crippen molar-refractivity contribution in [2.45, 2.75) is 24.7 Å². The number of benzene rings is 11. The molecule has 3 aliphatic carbocycles. The second kappa shape index (κ2) is 17.2. The lowest BCUT2D eigenvalue weighted by molar-refractivity contribution is 0.768. The van der Waals surface area contributed by atoms with Gasteiger partial charge in [-0.05, 0) is 150 Å². The molecule has 0 atom stereocenters. The summed E-state index contributed by atoms with van der Waals surface area (Å²) in [5, 5.41) is 1.28. The van der Waals surface area contributed by atoms with E-state index in [0.717, 1.165) is 17.1 Å². The maximum Gasteiger partial charge on any atom is 0.0734 e. The van der Waals surface area contributed by atoms with E-state index in [2.05, 4.69) is 292 Å². The minimum absolute atomic E-state index is 0.504. The smallest absolute Gasteiger partial charge is 0.0734 e. The van der Waals surface area contributed by atoms with Gasteiger partial charge in [-0.25, -0.2) is 0 Å². The standard InChI is InChI=1S/C74H51NS/c1-3-20-69-48(2)61-47-55(45-46-70(61)76-69)75(67-35-19-34-66-71(67)60-28-13-17-33-65(60)74(66)63-31-15-10-25-56(63)57-26-11-16-32-64(57)74)68-36-18-29-59-58-27-12-14-30-62(58)73(72(59)68,53-41-37-51(38-42-53)49-21-6-4-7-22-49)54-43-39-52(40-44-54)50-23-8-5-9-24-50/h3-47H,1-2H3/b20-3-. The highest BCUT2D eigenvalue weighted by molar-refractivity contribution is 7.20. The summed E-state index contributed by atoms with van der Waals surface area (Å²) in [7, 11) is 0. The van der Waals surface area contributed by atoms with E-state index in [0.29, 0.717) is 0 Å². The van der Waals surface area contributed by atoms with Gasteiger partial charge in [-0.1, -0.05) is 237 Å². The fourth-order valence-electron chi connectivity index (χ4n) is 13.8. The van der Waals surface area contributed by atoms with Crippen molar-refractivity contribution in [1.82, 2.24) is 0 Å². The fraction of sp³-hybridized carbons (Fsp3) is 0.0541. The summed E-state index contributed by atoms with van der Waals surface area (Å²) >= 11 is 1.87. The maximum absolute atomic E-state index is 2.64. The van der Waals surface area contributed by atoms with Gasteiger partial charge in [0.15, 0.2) is 0 Å². The summed E-state index contributed by atoms with van der Waals surface area (Å²) in [6.45, 7) is 4.40. The van der Waals surface area contributed by atoms with E-state index in [1.165, 1.54) is 121 Å². The van der Waals surface area contributed by atoms with Crippen molar-refractivity contribution in [3.05, 3.63) is 322 Å². The molecule has 0 N–H and O–H groups in total. The van der Waals surface area contributed by atoms with Gasteiger partial charge in [-0.15, -0.1) is 11.3 Å². The first-order valence-electron chi connectivity index (χ1n) is 26.5. The van der Waals surface area contributed by atoms with Crippen molar-refractivity contribution in [2.24, 2.45) is 0 Å². The Bertz CT molecular complexity index is 4160. The minimum Gasteiger partial charge on any atom is -0.309 e. The van der Waals surface area contributed by atoms with Crippen LogP contribution in [0.2, 0.25) is 0 Å². The zero-order chi connectivity index (χ0) is 50.5. The Kier molecular flexibility index (Phi) is 10.1. The van der Waals surface area contributed by atoms with Crippen LogP contribution in [0.5, 0.6) is 0 Å². The zero-order valence-corrected chi connectivity index (χ0v) is 43.2. The van der Waals surface area contributed by atoms with Crippen LogP contribution in [-0.2, 0) is 10.8 Å². The van der Waals surface area contributed by atoms with Crippen molar-refractivity contribution in [1.29, 1.82) is 0 Å². The number of rotatable bonds is 8. The Morgan fingerprint density at radius 1 is 0.382 bits per heavy atom. The molecule has 0 bridgehead atoms. The van der Waals surface area contributed by atoms with Crippen LogP contribution in [0, 0.1) is 6.92 Å². The van der Waals surface area contributed by atoms with Crippen LogP contribution in [0.25, 0.3) is 71.8 Å². The first-order chi connectivity index (χ1) is 37.6. The van der Waals surface area contributed by atoms with Gasteiger partial charge < -0.3 is 4.90 Å². The van der Waals surface area contributed by atoms with Crippen LogP contribution in [-0.4, -0.2) is 0 Å². The summed E-state index contributed by atoms with van der Waals surface area (Å²) in [4.78, 5) is 3.94. The predicted molar refractivity (Wildman–Crippen MR) is 320 cm³/mol. The monoisotopic (exact) mass is 985 g/mol. The Morgan fingerprint density at radius 2 is 0.829 bits per heavy atom. The van der Waals surface area contributed by atoms with Crippen LogP contribution >= 0.6 is 11.3 Å². The molecule has 3 aliphatic rings. The third-order valence-electron chi connectivity index (χ3n) is 16.9. The average Bonchev–Trinajstić information content (AvgIpc) is 4.18. The van der Waals surface area contributed by atoms with Crippen molar-refractivity contribution < 1.29 is 0 Å². The van der Waals surface area contributed by atoms with Gasteiger partial charge in [0.2, 0.25) is 0 Å². The molecule has 0 saturated heterocycles. The van der Waals surface area contributed by atoms with Crippen LogP contribution in [0.1, 0.15) is 61.9 Å². The number of hydrogen-bond donors (Lipinski definition) is 0. The first kappa shape index (κ1) is 44.4. The number of hydrogen-bond acceptors (Lipinski definition) is 2. The van der Waals surface area contributed by atoms with Crippen molar-refractivity contribution >= 4 is 44.6 Å². The van der Waals surface area contributed by atoms with Crippen molar-refractivity contribution in [3.8, 4) is 55.6 Å². The molecule has 0 fully saturated rings. The van der Waals surface area contributed by atoms with Crippen LogP contribution in [0.15, 0.2) is 267 Å². The normalized spacial score (nSPS) is 13.8. The van der Waals surface area contributed by atoms with Gasteiger partial charge in [0.25, 0.3) is 0 Å². The summed E-state index contributed by atoms with van der Waals surface area (Å²) in [5.74, 6) is 0. The minimum atomic E-state index is -0.729. The first-order valence-corrected chi connectivity index (χ1v) is 27.3. The highest BCUT2D eigenvalue weighted by atomic mass is 32.1. The molecule has 1 aromatic heterocycles. The molecule has 15 rings (SSSR count). The lowest BCUT2D eigenvalue weighted by Crippen LogP contribution is -2.30. The van der Waals surface area contributed by atoms with Crippen molar-refractivity contribution in [2.75, 3.05) is 4.90 Å². The number of anilines is 3. The number of thiophene rings is 1. The molecular formula is C74H51NS. The van der Waals surface area contributed by atoms with E-state index in [4.69, 9.17) is 0 Å². The largest absolute Gasteiger partial charge is 0.309 e. The Balaban J connectivity index is 1.06. The number of allylic oxidation sites excluding steroid dienone is 1. The second-order valence-electron chi connectivity index (χ2n) is 20.6. The molecule has 0 aliphatic heterocycles. The van der Waals surface area contributed by atoms with E-state index in [-0.39, 0.29) is 0 Å². The molecule has 1 nitrogen and oxygen atoms in total. The number of aryl methyl sites for hydroxylation is 1. The molecule has 0 amide bonds. The van der Waals surface area contributed by atoms with Crippen molar-refractivity contribution in [3.63, 3.8) is 0 Å². The van der Waals surface area contributed by atoms with Crippen LogP contribution in [0.4, 0.5) is 17.1 Å². The Labute approximate surface area is 449 Å². The second-order valence-corrected chi connectivity index (χ2v) is 21.7. The van der Waals surface area contributed by atoms with E-state index in [9.17, 15) is 0 Å². The van der Waals surface area contributed by atoms with Gasteiger partial charge in [0, 0.05) is 26.4 Å². The molecule has 1 spiro atoms. The molecule has 76 heavy (non-hydrogen) atoms. The van der Waals surface area contributed by atoms with Gasteiger partial charge in [0.05, 0.1) is 22.2 Å².